The molecule has 0 saturated heterocycles. The quantitative estimate of drug-likeness (QED) is 0.638. The van der Waals surface area contributed by atoms with Crippen molar-refractivity contribution in [2.24, 2.45) is 5.41 Å². The number of carboxylic acid groups (broad SMARTS) is 1. The lowest BCUT2D eigenvalue weighted by Crippen LogP contribution is -2.29. The van der Waals surface area contributed by atoms with Crippen molar-refractivity contribution in [3.8, 4) is 11.4 Å². The maximum absolute atomic E-state index is 13.5. The van der Waals surface area contributed by atoms with Gasteiger partial charge in [-0.2, -0.15) is 13.2 Å². The molecule has 0 fully saturated rings. The van der Waals surface area contributed by atoms with Crippen LogP contribution in [0.1, 0.15) is 53.9 Å². The van der Waals surface area contributed by atoms with Crippen LogP contribution in [-0.2, 0) is 12.6 Å². The fourth-order valence-electron chi connectivity index (χ4n) is 3.98. The number of pyridine rings is 2. The molecule has 9 heteroatoms. The summed E-state index contributed by atoms with van der Waals surface area (Å²) in [6.45, 7) is 5.88. The Hall–Kier alpha value is -3.10. The maximum atomic E-state index is 13.5. The van der Waals surface area contributed by atoms with Crippen molar-refractivity contribution in [1.29, 1.82) is 0 Å². The van der Waals surface area contributed by atoms with Gasteiger partial charge in [0.1, 0.15) is 16.9 Å². The first-order valence-electron chi connectivity index (χ1n) is 8.97. The zero-order chi connectivity index (χ0) is 21.3. The summed E-state index contributed by atoms with van der Waals surface area (Å²) in [5.74, 6) is -1.59. The molecular weight excluding hydrogens is 387 g/mol. The molecule has 4 rings (SSSR count). The molecule has 1 aliphatic rings. The van der Waals surface area contributed by atoms with Crippen LogP contribution in [0.15, 0.2) is 29.2 Å². The largest absolute Gasteiger partial charge is 0.477 e. The summed E-state index contributed by atoms with van der Waals surface area (Å²) in [6.07, 6.45) is -2.70. The van der Waals surface area contributed by atoms with E-state index in [4.69, 9.17) is 0 Å². The molecule has 1 atom stereocenters. The molecular formula is C20H18F3N3O3. The summed E-state index contributed by atoms with van der Waals surface area (Å²) in [7, 11) is 0. The number of hydrogen-bond donors (Lipinski definition) is 2. The fourth-order valence-corrected chi connectivity index (χ4v) is 3.98. The third kappa shape index (κ3) is 2.92. The van der Waals surface area contributed by atoms with Crippen LogP contribution in [0.2, 0.25) is 0 Å². The van der Waals surface area contributed by atoms with E-state index >= 15 is 0 Å². The van der Waals surface area contributed by atoms with E-state index in [0.717, 1.165) is 6.07 Å². The number of halogens is 3. The van der Waals surface area contributed by atoms with Gasteiger partial charge in [0.15, 0.2) is 0 Å². The normalized spacial score (nSPS) is 16.6. The van der Waals surface area contributed by atoms with Gasteiger partial charge in [-0.15, -0.1) is 0 Å². The molecule has 3 aromatic heterocycles. The predicted molar refractivity (Wildman–Crippen MR) is 99.1 cm³/mol. The molecule has 0 radical (unpaired) electrons. The number of fused-ring (bicyclic) bond motifs is 5. The summed E-state index contributed by atoms with van der Waals surface area (Å²) in [5.41, 5.74) is -1.03. The summed E-state index contributed by atoms with van der Waals surface area (Å²) in [5, 5.41) is 9.33. The van der Waals surface area contributed by atoms with E-state index in [1.54, 1.807) is 0 Å². The van der Waals surface area contributed by atoms with Crippen LogP contribution in [0.5, 0.6) is 0 Å². The number of nitrogens with one attached hydrogen (secondary N) is 1. The Balaban J connectivity index is 2.09. The average molecular weight is 405 g/mol. The second kappa shape index (κ2) is 5.95. The standard InChI is InChI=1S/C20H18F3N3O3/c1-19(2,3)12-8-13-15(14-9(12)7-10(18(28)29)17(27)25-14)24-16-11(20(21,22)23)5-4-6-26(13)16/h4-7,12H,8H2,1-3H3,(H,25,27)(H,28,29)/t12-/m1/s1. The molecule has 152 valence electrons. The minimum atomic E-state index is -4.58. The monoisotopic (exact) mass is 405 g/mol. The smallest absolute Gasteiger partial charge is 0.419 e. The van der Waals surface area contributed by atoms with Crippen LogP contribution in [0.3, 0.4) is 0 Å². The maximum Gasteiger partial charge on any atom is 0.419 e. The minimum absolute atomic E-state index is 0.227. The second-order valence-electron chi connectivity index (χ2n) is 8.29. The third-order valence-corrected chi connectivity index (χ3v) is 5.41. The van der Waals surface area contributed by atoms with E-state index in [9.17, 15) is 27.9 Å². The zero-order valence-corrected chi connectivity index (χ0v) is 15.9. The van der Waals surface area contributed by atoms with Gasteiger partial charge in [0.2, 0.25) is 0 Å². The Labute approximate surface area is 163 Å². The number of imidazole rings is 1. The fraction of sp³-hybridized carbons (Fsp3) is 0.350. The molecule has 1 aliphatic carbocycles. The molecule has 3 heterocycles. The molecule has 0 saturated carbocycles. The first-order valence-corrected chi connectivity index (χ1v) is 8.97. The molecule has 29 heavy (non-hydrogen) atoms. The van der Waals surface area contributed by atoms with Gasteiger partial charge in [-0.05, 0) is 41.5 Å². The van der Waals surface area contributed by atoms with E-state index < -0.39 is 28.8 Å². The van der Waals surface area contributed by atoms with Gasteiger partial charge in [0, 0.05) is 6.20 Å². The van der Waals surface area contributed by atoms with Crippen molar-refractivity contribution >= 4 is 11.6 Å². The van der Waals surface area contributed by atoms with Gasteiger partial charge in [-0.1, -0.05) is 20.8 Å². The lowest BCUT2D eigenvalue weighted by Gasteiger charge is -2.35. The highest BCUT2D eigenvalue weighted by molar-refractivity contribution is 5.88. The molecule has 0 amide bonds. The number of H-pyrrole nitrogens is 1. The van der Waals surface area contributed by atoms with E-state index in [-0.39, 0.29) is 28.4 Å². The molecule has 0 unspecified atom stereocenters. The van der Waals surface area contributed by atoms with Crippen LogP contribution < -0.4 is 5.56 Å². The van der Waals surface area contributed by atoms with Gasteiger partial charge in [0.05, 0.1) is 17.0 Å². The molecule has 3 aromatic rings. The van der Waals surface area contributed by atoms with Crippen molar-refractivity contribution in [2.45, 2.75) is 39.3 Å². The van der Waals surface area contributed by atoms with Gasteiger partial charge in [-0.3, -0.25) is 4.79 Å². The molecule has 0 aliphatic heterocycles. The van der Waals surface area contributed by atoms with Crippen molar-refractivity contribution in [2.75, 3.05) is 0 Å². The van der Waals surface area contributed by atoms with Crippen molar-refractivity contribution in [3.63, 3.8) is 0 Å². The first kappa shape index (κ1) is 19.2. The van der Waals surface area contributed by atoms with Crippen molar-refractivity contribution in [3.05, 3.63) is 57.1 Å². The molecule has 2 N–H and O–H groups in total. The van der Waals surface area contributed by atoms with Crippen LogP contribution in [0.25, 0.3) is 17.0 Å². The summed E-state index contributed by atoms with van der Waals surface area (Å²) in [4.78, 5) is 30.5. The third-order valence-electron chi connectivity index (χ3n) is 5.41. The molecule has 6 nitrogen and oxygen atoms in total. The number of aromatic nitrogens is 3. The van der Waals surface area contributed by atoms with Crippen LogP contribution in [0, 0.1) is 5.41 Å². The minimum Gasteiger partial charge on any atom is -0.477 e. The highest BCUT2D eigenvalue weighted by Gasteiger charge is 2.39. The average Bonchev–Trinajstić information content (AvgIpc) is 2.97. The molecule has 0 aromatic carbocycles. The summed E-state index contributed by atoms with van der Waals surface area (Å²) < 4.78 is 41.8. The van der Waals surface area contributed by atoms with E-state index in [2.05, 4.69) is 9.97 Å². The Morgan fingerprint density at radius 3 is 2.59 bits per heavy atom. The number of aromatic carboxylic acids is 1. The number of rotatable bonds is 1. The van der Waals surface area contributed by atoms with Gasteiger partial charge >= 0.3 is 12.1 Å². The number of carboxylic acids is 1. The number of aromatic amines is 1. The molecule has 0 bridgehead atoms. The van der Waals surface area contributed by atoms with E-state index in [0.29, 0.717) is 17.7 Å². The van der Waals surface area contributed by atoms with Crippen LogP contribution in [0.4, 0.5) is 13.2 Å². The zero-order valence-electron chi connectivity index (χ0n) is 15.9. The lowest BCUT2D eigenvalue weighted by atomic mass is 9.70. The number of carbonyl (C=O) groups is 1. The van der Waals surface area contributed by atoms with Crippen LogP contribution >= 0.6 is 0 Å². The SMILES string of the molecule is CC(C)(C)[C@@H]1Cc2c(nc3c(C(F)(F)F)cccn23)-c2[nH]c(=O)c(C(=O)O)cc21. The summed E-state index contributed by atoms with van der Waals surface area (Å²) in [6, 6.07) is 3.60. The van der Waals surface area contributed by atoms with Crippen molar-refractivity contribution < 1.29 is 23.1 Å². The Bertz CT molecular complexity index is 1220. The number of hydrogen-bond acceptors (Lipinski definition) is 3. The Morgan fingerprint density at radius 2 is 2.00 bits per heavy atom. The second-order valence-corrected chi connectivity index (χ2v) is 8.29. The first-order chi connectivity index (χ1) is 13.4. The van der Waals surface area contributed by atoms with E-state index in [1.807, 2.05) is 20.8 Å². The lowest BCUT2D eigenvalue weighted by molar-refractivity contribution is -0.136. The summed E-state index contributed by atoms with van der Waals surface area (Å²) >= 11 is 0. The Kier molecular flexibility index (Phi) is 3.94. The topological polar surface area (TPSA) is 87.5 Å². The number of nitrogens with zero attached hydrogens (tertiary/aromatic N) is 2. The van der Waals surface area contributed by atoms with Gasteiger partial charge in [0.25, 0.3) is 5.56 Å². The van der Waals surface area contributed by atoms with Gasteiger partial charge < -0.3 is 14.5 Å². The molecule has 0 spiro atoms. The predicted octanol–water partition coefficient (Wildman–Crippen LogP) is 4.09. The van der Waals surface area contributed by atoms with E-state index in [1.165, 1.54) is 22.7 Å². The highest BCUT2D eigenvalue weighted by atomic mass is 19.4. The highest BCUT2D eigenvalue weighted by Crippen LogP contribution is 2.47. The Morgan fingerprint density at radius 1 is 1.31 bits per heavy atom. The van der Waals surface area contributed by atoms with Crippen LogP contribution in [-0.4, -0.2) is 25.4 Å². The number of alkyl halides is 3. The van der Waals surface area contributed by atoms with Gasteiger partial charge in [-0.25, -0.2) is 9.78 Å². The van der Waals surface area contributed by atoms with Crippen molar-refractivity contribution in [1.82, 2.24) is 14.4 Å².